The highest BCUT2D eigenvalue weighted by atomic mass is 32.2. The highest BCUT2D eigenvalue weighted by Gasteiger charge is 2.24. The van der Waals surface area contributed by atoms with Gasteiger partial charge < -0.3 is 11.1 Å². The summed E-state index contributed by atoms with van der Waals surface area (Å²) in [5, 5.41) is 3.86. The van der Waals surface area contributed by atoms with Crippen LogP contribution in [0, 0.1) is 5.92 Å². The van der Waals surface area contributed by atoms with Crippen molar-refractivity contribution in [3.8, 4) is 0 Å². The number of nitrogens with two attached hydrogens (primary N) is 1. The summed E-state index contributed by atoms with van der Waals surface area (Å²) in [5.74, 6) is 0.227. The minimum absolute atomic E-state index is 0.0163. The molecule has 1 rings (SSSR count). The van der Waals surface area contributed by atoms with E-state index >= 15 is 0 Å². The van der Waals surface area contributed by atoms with Gasteiger partial charge in [-0.1, -0.05) is 13.8 Å². The summed E-state index contributed by atoms with van der Waals surface area (Å²) < 4.78 is 0. The van der Waals surface area contributed by atoms with E-state index in [1.807, 2.05) is 25.6 Å². The third kappa shape index (κ3) is 3.98. The molecule has 1 aliphatic rings. The Bertz CT molecular complexity index is 225. The van der Waals surface area contributed by atoms with Crippen LogP contribution in [0.25, 0.3) is 0 Å². The van der Waals surface area contributed by atoms with Gasteiger partial charge in [-0.3, -0.25) is 4.79 Å². The predicted molar refractivity (Wildman–Crippen MR) is 70.5 cm³/mol. The lowest BCUT2D eigenvalue weighted by atomic mass is 9.94. The lowest BCUT2D eigenvalue weighted by Crippen LogP contribution is -2.48. The van der Waals surface area contributed by atoms with E-state index in [0.29, 0.717) is 6.04 Å². The van der Waals surface area contributed by atoms with E-state index in [1.54, 1.807) is 0 Å². The van der Waals surface area contributed by atoms with Gasteiger partial charge in [-0.2, -0.15) is 11.8 Å². The lowest BCUT2D eigenvalue weighted by Gasteiger charge is -2.29. The molecular weight excluding hydrogens is 220 g/mol. The quantitative estimate of drug-likeness (QED) is 0.792. The summed E-state index contributed by atoms with van der Waals surface area (Å²) in [6.07, 6.45) is 6.79. The highest BCUT2D eigenvalue weighted by Crippen LogP contribution is 2.26. The Morgan fingerprint density at radius 3 is 2.31 bits per heavy atom. The van der Waals surface area contributed by atoms with Crippen molar-refractivity contribution < 1.29 is 4.79 Å². The Morgan fingerprint density at radius 2 is 1.88 bits per heavy atom. The van der Waals surface area contributed by atoms with Crippen LogP contribution in [0.3, 0.4) is 0 Å². The van der Waals surface area contributed by atoms with Crippen LogP contribution in [0.4, 0.5) is 0 Å². The minimum atomic E-state index is -0.363. The SMILES string of the molecule is CSC1CCC(NC(=O)[C@@H](N)C(C)C)CC1. The van der Waals surface area contributed by atoms with E-state index in [2.05, 4.69) is 11.6 Å². The second-order valence-electron chi connectivity index (χ2n) is 4.99. The Labute approximate surface area is 103 Å². The summed E-state index contributed by atoms with van der Waals surface area (Å²) in [4.78, 5) is 11.8. The molecule has 16 heavy (non-hydrogen) atoms. The monoisotopic (exact) mass is 244 g/mol. The van der Waals surface area contributed by atoms with Crippen LogP contribution in [0.2, 0.25) is 0 Å². The molecular formula is C12H24N2OS. The standard InChI is InChI=1S/C12H24N2OS/c1-8(2)11(13)12(15)14-9-4-6-10(16-3)7-5-9/h8-11H,4-7,13H2,1-3H3,(H,14,15)/t9?,10?,11-/m0/s1. The Balaban J connectivity index is 2.31. The van der Waals surface area contributed by atoms with Gasteiger partial charge in [-0.25, -0.2) is 0 Å². The second-order valence-corrected chi connectivity index (χ2v) is 6.13. The van der Waals surface area contributed by atoms with Crippen molar-refractivity contribution in [3.05, 3.63) is 0 Å². The van der Waals surface area contributed by atoms with Gasteiger partial charge >= 0.3 is 0 Å². The van der Waals surface area contributed by atoms with Crippen LogP contribution >= 0.6 is 11.8 Å². The molecule has 1 aliphatic carbocycles. The Kier molecular flexibility index (Phi) is 5.62. The number of hydrogen-bond acceptors (Lipinski definition) is 3. The van der Waals surface area contributed by atoms with E-state index in [9.17, 15) is 4.79 Å². The molecule has 0 saturated heterocycles. The first-order valence-corrected chi connectivity index (χ1v) is 7.42. The molecule has 0 bridgehead atoms. The first-order valence-electron chi connectivity index (χ1n) is 6.13. The van der Waals surface area contributed by atoms with Crippen LogP contribution in [-0.4, -0.2) is 29.5 Å². The fourth-order valence-corrected chi connectivity index (χ4v) is 2.79. The molecule has 0 aromatic heterocycles. The van der Waals surface area contributed by atoms with Gasteiger partial charge in [0.15, 0.2) is 0 Å². The van der Waals surface area contributed by atoms with E-state index in [0.717, 1.165) is 18.1 Å². The number of carbonyl (C=O) groups excluding carboxylic acids is 1. The highest BCUT2D eigenvalue weighted by molar-refractivity contribution is 7.99. The molecule has 1 saturated carbocycles. The first-order chi connectivity index (χ1) is 7.54. The van der Waals surface area contributed by atoms with Crippen LogP contribution < -0.4 is 11.1 Å². The molecule has 3 nitrogen and oxygen atoms in total. The molecule has 94 valence electrons. The average Bonchev–Trinajstić information content (AvgIpc) is 2.28. The molecule has 3 N–H and O–H groups in total. The summed E-state index contributed by atoms with van der Waals surface area (Å²) >= 11 is 1.94. The van der Waals surface area contributed by atoms with Gasteiger partial charge in [-0.05, 0) is 37.9 Å². The molecule has 1 amide bonds. The molecule has 0 aliphatic heterocycles. The van der Waals surface area contributed by atoms with Crippen molar-refractivity contribution in [3.63, 3.8) is 0 Å². The number of amides is 1. The van der Waals surface area contributed by atoms with Crippen LogP contribution in [0.5, 0.6) is 0 Å². The Morgan fingerprint density at radius 1 is 1.31 bits per heavy atom. The second kappa shape index (κ2) is 6.50. The molecule has 1 fully saturated rings. The maximum absolute atomic E-state index is 11.8. The van der Waals surface area contributed by atoms with Crippen LogP contribution in [0.1, 0.15) is 39.5 Å². The normalized spacial score (nSPS) is 27.8. The van der Waals surface area contributed by atoms with Crippen molar-refractivity contribution in [1.29, 1.82) is 0 Å². The van der Waals surface area contributed by atoms with Gasteiger partial charge in [0.25, 0.3) is 0 Å². The van der Waals surface area contributed by atoms with Gasteiger partial charge in [0.1, 0.15) is 0 Å². The molecule has 1 atom stereocenters. The number of carbonyl (C=O) groups is 1. The van der Waals surface area contributed by atoms with Crippen molar-refractivity contribution in [2.24, 2.45) is 11.7 Å². The molecule has 0 unspecified atom stereocenters. The van der Waals surface area contributed by atoms with Crippen LogP contribution in [0.15, 0.2) is 0 Å². The summed E-state index contributed by atoms with van der Waals surface area (Å²) in [5.41, 5.74) is 5.81. The molecule has 4 heteroatoms. The van der Waals surface area contributed by atoms with Gasteiger partial charge in [-0.15, -0.1) is 0 Å². The fraction of sp³-hybridized carbons (Fsp3) is 0.917. The maximum Gasteiger partial charge on any atom is 0.237 e. The topological polar surface area (TPSA) is 55.1 Å². The number of nitrogens with one attached hydrogen (secondary N) is 1. The third-order valence-electron chi connectivity index (χ3n) is 3.37. The Hall–Kier alpha value is -0.220. The zero-order chi connectivity index (χ0) is 12.1. The zero-order valence-corrected chi connectivity index (χ0v) is 11.3. The summed E-state index contributed by atoms with van der Waals surface area (Å²) in [7, 11) is 0. The zero-order valence-electron chi connectivity index (χ0n) is 10.5. The van der Waals surface area contributed by atoms with Gasteiger partial charge in [0, 0.05) is 11.3 Å². The molecule has 0 aromatic carbocycles. The lowest BCUT2D eigenvalue weighted by molar-refractivity contribution is -0.124. The number of rotatable bonds is 4. The first kappa shape index (κ1) is 13.8. The fourth-order valence-electron chi connectivity index (χ4n) is 2.04. The number of hydrogen-bond donors (Lipinski definition) is 2. The minimum Gasteiger partial charge on any atom is -0.352 e. The van der Waals surface area contributed by atoms with Crippen molar-refractivity contribution in [1.82, 2.24) is 5.32 Å². The largest absolute Gasteiger partial charge is 0.352 e. The summed E-state index contributed by atoms with van der Waals surface area (Å²) in [6.45, 7) is 3.96. The van der Waals surface area contributed by atoms with E-state index < -0.39 is 0 Å². The van der Waals surface area contributed by atoms with Crippen molar-refractivity contribution in [2.75, 3.05) is 6.26 Å². The van der Waals surface area contributed by atoms with Gasteiger partial charge in [0.2, 0.25) is 5.91 Å². The van der Waals surface area contributed by atoms with Crippen molar-refractivity contribution >= 4 is 17.7 Å². The third-order valence-corrected chi connectivity index (χ3v) is 4.51. The molecule has 0 aromatic rings. The van der Waals surface area contributed by atoms with E-state index in [4.69, 9.17) is 5.73 Å². The van der Waals surface area contributed by atoms with Crippen LogP contribution in [-0.2, 0) is 4.79 Å². The predicted octanol–water partition coefficient (Wildman–Crippen LogP) is 1.76. The molecule has 0 heterocycles. The van der Waals surface area contributed by atoms with E-state index in [1.165, 1.54) is 12.8 Å². The smallest absolute Gasteiger partial charge is 0.237 e. The number of thioether (sulfide) groups is 1. The summed E-state index contributed by atoms with van der Waals surface area (Å²) in [6, 6.07) is -0.0148. The van der Waals surface area contributed by atoms with E-state index in [-0.39, 0.29) is 17.9 Å². The molecule has 0 spiro atoms. The van der Waals surface area contributed by atoms with Crippen molar-refractivity contribution in [2.45, 2.75) is 56.9 Å². The average molecular weight is 244 g/mol. The maximum atomic E-state index is 11.8. The molecule has 0 radical (unpaired) electrons. The van der Waals surface area contributed by atoms with Gasteiger partial charge in [0.05, 0.1) is 6.04 Å².